The Morgan fingerprint density at radius 3 is 2.00 bits per heavy atom. The van der Waals surface area contributed by atoms with Gasteiger partial charge in [-0.3, -0.25) is 9.59 Å². The molecule has 6 heteroatoms. The Labute approximate surface area is 100 Å². The van der Waals surface area contributed by atoms with Crippen LogP contribution in [0.3, 0.4) is 0 Å². The van der Waals surface area contributed by atoms with Crippen molar-refractivity contribution in [3.63, 3.8) is 0 Å². The summed E-state index contributed by atoms with van der Waals surface area (Å²) in [5.74, 6) is -1.71. The van der Waals surface area contributed by atoms with Gasteiger partial charge in [0.2, 0.25) is 6.29 Å². The van der Waals surface area contributed by atoms with Crippen LogP contribution in [-0.2, 0) is 23.9 Å². The zero-order valence-corrected chi connectivity index (χ0v) is 10.3. The molecule has 0 aromatic heterocycles. The molecule has 0 heterocycles. The van der Waals surface area contributed by atoms with Crippen LogP contribution in [-0.4, -0.2) is 29.3 Å². The third kappa shape index (κ3) is 17.0. The molecule has 0 aliphatic rings. The highest BCUT2D eigenvalue weighted by molar-refractivity contribution is 5.82. The molecular weight excluding hydrogens is 228 g/mol. The average Bonchev–Trinajstić information content (AvgIpc) is 2.16. The predicted molar refractivity (Wildman–Crippen MR) is 59.7 cm³/mol. The molecule has 17 heavy (non-hydrogen) atoms. The maximum atomic E-state index is 10.4. The van der Waals surface area contributed by atoms with E-state index >= 15 is 0 Å². The maximum absolute atomic E-state index is 10.4. The minimum atomic E-state index is -0.976. The molecule has 0 fully saturated rings. The smallest absolute Gasteiger partial charge is 0.332 e. The maximum Gasteiger partial charge on any atom is 0.332 e. The number of aliphatic hydroxyl groups excluding tert-OH is 1. The number of ether oxygens (including phenoxy) is 2. The number of carbonyl (C=O) groups excluding carboxylic acids is 3. The first-order valence-corrected chi connectivity index (χ1v) is 5.03. The van der Waals surface area contributed by atoms with Gasteiger partial charge in [0.05, 0.1) is 0 Å². The van der Waals surface area contributed by atoms with E-state index in [1.54, 1.807) is 0 Å². The molecule has 0 aliphatic heterocycles. The number of hydrogen-bond acceptors (Lipinski definition) is 6. The average molecular weight is 246 g/mol. The zero-order chi connectivity index (χ0) is 13.8. The fourth-order valence-corrected chi connectivity index (χ4v) is 0.690. The molecule has 0 aromatic rings. The van der Waals surface area contributed by atoms with Gasteiger partial charge in [-0.2, -0.15) is 0 Å². The Balaban J connectivity index is 0. The lowest BCUT2D eigenvalue weighted by atomic mass is 10.3. The highest BCUT2D eigenvalue weighted by atomic mass is 16.6. The van der Waals surface area contributed by atoms with E-state index in [2.05, 4.69) is 16.1 Å². The summed E-state index contributed by atoms with van der Waals surface area (Å²) >= 11 is 0. The van der Waals surface area contributed by atoms with Crippen molar-refractivity contribution in [3.8, 4) is 0 Å². The van der Waals surface area contributed by atoms with E-state index in [9.17, 15) is 14.4 Å². The summed E-state index contributed by atoms with van der Waals surface area (Å²) in [5.41, 5.74) is 0. The summed E-state index contributed by atoms with van der Waals surface area (Å²) in [6, 6.07) is 0. The Morgan fingerprint density at radius 2 is 1.76 bits per heavy atom. The standard InChI is InChI=1S/C7H12O3.C4H6O3/c1-3-5-7(9)10-6(8)4-2;1-3(5)7-4(2)6/h4,7,9H,2-3,5H2,1H3;1-2H3. The Morgan fingerprint density at radius 1 is 1.29 bits per heavy atom. The van der Waals surface area contributed by atoms with E-state index in [0.717, 1.165) is 12.5 Å². The van der Waals surface area contributed by atoms with Gasteiger partial charge >= 0.3 is 17.9 Å². The number of rotatable bonds is 4. The van der Waals surface area contributed by atoms with Gasteiger partial charge in [0, 0.05) is 26.3 Å². The van der Waals surface area contributed by atoms with Crippen molar-refractivity contribution in [1.82, 2.24) is 0 Å². The lowest BCUT2D eigenvalue weighted by Gasteiger charge is -2.07. The molecule has 0 spiro atoms. The van der Waals surface area contributed by atoms with E-state index in [1.807, 2.05) is 6.92 Å². The van der Waals surface area contributed by atoms with Crippen LogP contribution >= 0.6 is 0 Å². The summed E-state index contributed by atoms with van der Waals surface area (Å²) in [6.45, 7) is 7.45. The van der Waals surface area contributed by atoms with Gasteiger partial charge in [-0.1, -0.05) is 19.9 Å². The number of aliphatic hydroxyl groups is 1. The molecule has 0 saturated carbocycles. The van der Waals surface area contributed by atoms with E-state index in [4.69, 9.17) is 5.11 Å². The van der Waals surface area contributed by atoms with Crippen LogP contribution in [0.1, 0.15) is 33.6 Å². The highest BCUT2D eigenvalue weighted by Gasteiger charge is 2.05. The first-order valence-electron chi connectivity index (χ1n) is 5.03. The molecule has 0 radical (unpaired) electrons. The normalized spacial score (nSPS) is 10.4. The van der Waals surface area contributed by atoms with Gasteiger partial charge in [0.15, 0.2) is 0 Å². The molecule has 1 unspecified atom stereocenters. The van der Waals surface area contributed by atoms with Crippen molar-refractivity contribution < 1.29 is 29.0 Å². The van der Waals surface area contributed by atoms with E-state index in [0.29, 0.717) is 6.42 Å². The van der Waals surface area contributed by atoms with Crippen LogP contribution in [0.5, 0.6) is 0 Å². The second-order valence-electron chi connectivity index (χ2n) is 2.97. The molecule has 0 aromatic carbocycles. The fourth-order valence-electron chi connectivity index (χ4n) is 0.690. The second kappa shape index (κ2) is 10.8. The van der Waals surface area contributed by atoms with Gasteiger partial charge in [-0.05, 0) is 0 Å². The molecule has 0 amide bonds. The van der Waals surface area contributed by atoms with Crippen molar-refractivity contribution in [2.75, 3.05) is 0 Å². The largest absolute Gasteiger partial charge is 0.433 e. The van der Waals surface area contributed by atoms with Crippen LogP contribution in [0, 0.1) is 0 Å². The Kier molecular flexibility index (Phi) is 11.3. The predicted octanol–water partition coefficient (Wildman–Crippen LogP) is 0.930. The zero-order valence-electron chi connectivity index (χ0n) is 10.3. The van der Waals surface area contributed by atoms with Crippen molar-refractivity contribution in [3.05, 3.63) is 12.7 Å². The summed E-state index contributed by atoms with van der Waals surface area (Å²) < 4.78 is 8.41. The van der Waals surface area contributed by atoms with Crippen molar-refractivity contribution in [1.29, 1.82) is 0 Å². The summed E-state index contributed by atoms with van der Waals surface area (Å²) in [6.07, 6.45) is 1.31. The van der Waals surface area contributed by atoms with Gasteiger partial charge in [0.1, 0.15) is 0 Å². The summed E-state index contributed by atoms with van der Waals surface area (Å²) in [4.78, 5) is 30.0. The van der Waals surface area contributed by atoms with Gasteiger partial charge in [-0.25, -0.2) is 4.79 Å². The van der Waals surface area contributed by atoms with E-state index < -0.39 is 24.2 Å². The minimum absolute atomic E-state index is 0.472. The molecule has 0 bridgehead atoms. The van der Waals surface area contributed by atoms with Crippen LogP contribution in [0.4, 0.5) is 0 Å². The van der Waals surface area contributed by atoms with Crippen molar-refractivity contribution >= 4 is 17.9 Å². The first kappa shape index (κ1) is 17.7. The molecule has 0 saturated heterocycles. The van der Waals surface area contributed by atoms with Gasteiger partial charge in [0.25, 0.3) is 0 Å². The summed E-state index contributed by atoms with van der Waals surface area (Å²) in [7, 11) is 0. The minimum Gasteiger partial charge on any atom is -0.433 e. The third-order valence-corrected chi connectivity index (χ3v) is 1.24. The molecule has 1 atom stereocenters. The SMILES string of the molecule is C=CC(=O)OC(O)CCC.CC(=O)OC(C)=O. The first-order chi connectivity index (χ1) is 7.83. The number of carbonyl (C=O) groups is 3. The third-order valence-electron chi connectivity index (χ3n) is 1.24. The topological polar surface area (TPSA) is 89.9 Å². The quantitative estimate of drug-likeness (QED) is 0.343. The Hall–Kier alpha value is -1.69. The van der Waals surface area contributed by atoms with E-state index in [-0.39, 0.29) is 0 Å². The van der Waals surface area contributed by atoms with Crippen molar-refractivity contribution in [2.24, 2.45) is 0 Å². The fraction of sp³-hybridized carbons (Fsp3) is 0.545. The monoisotopic (exact) mass is 246 g/mol. The second-order valence-corrected chi connectivity index (χ2v) is 2.97. The Bertz CT molecular complexity index is 259. The van der Waals surface area contributed by atoms with Gasteiger partial charge in [-0.15, -0.1) is 0 Å². The molecule has 0 aliphatic carbocycles. The lowest BCUT2D eigenvalue weighted by molar-refractivity contribution is -0.162. The molecule has 6 nitrogen and oxygen atoms in total. The number of esters is 3. The van der Waals surface area contributed by atoms with Crippen LogP contribution in [0.2, 0.25) is 0 Å². The van der Waals surface area contributed by atoms with Crippen LogP contribution in [0.15, 0.2) is 12.7 Å². The van der Waals surface area contributed by atoms with Crippen LogP contribution in [0.25, 0.3) is 0 Å². The lowest BCUT2D eigenvalue weighted by Crippen LogP contribution is -2.15. The molecule has 98 valence electrons. The molecule has 1 N–H and O–H groups in total. The molecular formula is C11H18O6. The highest BCUT2D eigenvalue weighted by Crippen LogP contribution is 1.97. The van der Waals surface area contributed by atoms with E-state index in [1.165, 1.54) is 13.8 Å². The van der Waals surface area contributed by atoms with Crippen LogP contribution < -0.4 is 0 Å². The molecule has 0 rings (SSSR count). The van der Waals surface area contributed by atoms with Gasteiger partial charge < -0.3 is 14.6 Å². The number of hydrogen-bond donors (Lipinski definition) is 1. The van der Waals surface area contributed by atoms with Crippen molar-refractivity contribution in [2.45, 2.75) is 39.9 Å². The summed E-state index contributed by atoms with van der Waals surface area (Å²) in [5, 5.41) is 8.86.